The van der Waals surface area contributed by atoms with Gasteiger partial charge in [0, 0.05) is 10.0 Å². The fourth-order valence-electron chi connectivity index (χ4n) is 3.20. The number of rotatable bonds is 4. The van der Waals surface area contributed by atoms with Crippen molar-refractivity contribution in [3.05, 3.63) is 63.1 Å². The monoisotopic (exact) mass is 345 g/mol. The van der Waals surface area contributed by atoms with Crippen molar-refractivity contribution in [1.82, 2.24) is 5.32 Å². The zero-order valence-electron chi connectivity index (χ0n) is 12.4. The van der Waals surface area contributed by atoms with Crippen molar-refractivity contribution in [3.63, 3.8) is 0 Å². The second-order valence-electron chi connectivity index (χ2n) is 5.49. The molecule has 2 aromatic carbocycles. The first-order valence-corrected chi connectivity index (χ1v) is 8.14. The molecule has 0 saturated heterocycles. The number of nitrogens with one attached hydrogen (secondary N) is 1. The average Bonchev–Trinajstić information content (AvgIpc) is 2.96. The molecule has 0 aromatic heterocycles. The molecule has 0 saturated carbocycles. The van der Waals surface area contributed by atoms with E-state index in [-0.39, 0.29) is 6.04 Å². The van der Waals surface area contributed by atoms with Gasteiger partial charge < -0.3 is 10.1 Å². The maximum Gasteiger partial charge on any atom is 0.124 e. The summed E-state index contributed by atoms with van der Waals surface area (Å²) in [6.45, 7) is 0. The Bertz CT molecular complexity index is 654. The van der Waals surface area contributed by atoms with Crippen LogP contribution in [0.2, 0.25) is 0 Å². The number of ether oxygens (including phenoxy) is 1. The fourth-order valence-corrected chi connectivity index (χ4v) is 3.58. The lowest BCUT2D eigenvalue weighted by Crippen LogP contribution is -2.18. The van der Waals surface area contributed by atoms with Gasteiger partial charge >= 0.3 is 0 Å². The maximum atomic E-state index is 5.54. The molecule has 1 unspecified atom stereocenters. The second-order valence-corrected chi connectivity index (χ2v) is 6.41. The Balaban J connectivity index is 2.04. The van der Waals surface area contributed by atoms with Crippen LogP contribution in [0.15, 0.2) is 40.9 Å². The smallest absolute Gasteiger partial charge is 0.124 e. The summed E-state index contributed by atoms with van der Waals surface area (Å²) in [5.41, 5.74) is 5.47. The summed E-state index contributed by atoms with van der Waals surface area (Å²) in [5.74, 6) is 0.915. The molecule has 0 bridgehead atoms. The van der Waals surface area contributed by atoms with Gasteiger partial charge in [-0.15, -0.1) is 0 Å². The number of halogens is 1. The van der Waals surface area contributed by atoms with Crippen LogP contribution in [0.3, 0.4) is 0 Å². The van der Waals surface area contributed by atoms with Crippen molar-refractivity contribution in [1.29, 1.82) is 0 Å². The molecule has 0 amide bonds. The third kappa shape index (κ3) is 2.85. The molecule has 0 radical (unpaired) electrons. The average molecular weight is 346 g/mol. The van der Waals surface area contributed by atoms with Gasteiger partial charge in [-0.25, -0.2) is 0 Å². The van der Waals surface area contributed by atoms with Crippen LogP contribution in [0.1, 0.15) is 34.7 Å². The van der Waals surface area contributed by atoms with E-state index in [1.165, 1.54) is 36.0 Å². The molecule has 0 heterocycles. The lowest BCUT2D eigenvalue weighted by Gasteiger charge is -2.21. The highest BCUT2D eigenvalue weighted by atomic mass is 79.9. The summed E-state index contributed by atoms with van der Waals surface area (Å²) >= 11 is 3.56. The van der Waals surface area contributed by atoms with Crippen LogP contribution in [0.4, 0.5) is 0 Å². The summed E-state index contributed by atoms with van der Waals surface area (Å²) in [4.78, 5) is 0. The number of fused-ring (bicyclic) bond motifs is 1. The fraction of sp³-hybridized carbons (Fsp3) is 0.333. The Labute approximate surface area is 134 Å². The van der Waals surface area contributed by atoms with E-state index in [4.69, 9.17) is 4.74 Å². The lowest BCUT2D eigenvalue weighted by molar-refractivity contribution is 0.405. The summed E-state index contributed by atoms with van der Waals surface area (Å²) in [7, 11) is 3.72. The Kier molecular flexibility index (Phi) is 4.32. The van der Waals surface area contributed by atoms with Crippen molar-refractivity contribution < 1.29 is 4.74 Å². The van der Waals surface area contributed by atoms with Crippen molar-refractivity contribution in [2.45, 2.75) is 25.3 Å². The Morgan fingerprint density at radius 2 is 1.90 bits per heavy atom. The molecule has 3 rings (SSSR count). The first-order chi connectivity index (χ1) is 10.2. The maximum absolute atomic E-state index is 5.54. The molecule has 2 aromatic rings. The van der Waals surface area contributed by atoms with Crippen molar-refractivity contribution >= 4 is 15.9 Å². The van der Waals surface area contributed by atoms with E-state index in [2.05, 4.69) is 45.5 Å². The van der Waals surface area contributed by atoms with E-state index >= 15 is 0 Å². The molecule has 1 atom stereocenters. The predicted molar refractivity (Wildman–Crippen MR) is 90.1 cm³/mol. The number of benzene rings is 2. The van der Waals surface area contributed by atoms with E-state index in [0.29, 0.717) is 0 Å². The molecule has 1 aliphatic rings. The Morgan fingerprint density at radius 1 is 1.10 bits per heavy atom. The van der Waals surface area contributed by atoms with E-state index in [0.717, 1.165) is 15.8 Å². The highest BCUT2D eigenvalue weighted by Gasteiger charge is 2.19. The molecular weight excluding hydrogens is 326 g/mol. The predicted octanol–water partition coefficient (Wildman–Crippen LogP) is 4.26. The molecule has 0 fully saturated rings. The zero-order valence-corrected chi connectivity index (χ0v) is 14.0. The zero-order chi connectivity index (χ0) is 14.8. The number of methoxy groups -OCH3 is 1. The normalized spacial score (nSPS) is 14.8. The number of hydrogen-bond donors (Lipinski definition) is 1. The van der Waals surface area contributed by atoms with Gasteiger partial charge in [0.1, 0.15) is 5.75 Å². The first kappa shape index (κ1) is 14.6. The minimum absolute atomic E-state index is 0.142. The summed E-state index contributed by atoms with van der Waals surface area (Å²) in [6.07, 6.45) is 3.71. The molecule has 3 heteroatoms. The number of aryl methyl sites for hydroxylation is 2. The van der Waals surface area contributed by atoms with E-state index < -0.39 is 0 Å². The van der Waals surface area contributed by atoms with Crippen LogP contribution in [0.25, 0.3) is 0 Å². The van der Waals surface area contributed by atoms with Crippen LogP contribution < -0.4 is 10.1 Å². The first-order valence-electron chi connectivity index (χ1n) is 7.35. The van der Waals surface area contributed by atoms with Gasteiger partial charge in [0.2, 0.25) is 0 Å². The Hall–Kier alpha value is -1.32. The number of hydrogen-bond acceptors (Lipinski definition) is 2. The van der Waals surface area contributed by atoms with Crippen LogP contribution in [-0.4, -0.2) is 14.2 Å². The molecule has 0 spiro atoms. The van der Waals surface area contributed by atoms with Crippen LogP contribution in [-0.2, 0) is 12.8 Å². The van der Waals surface area contributed by atoms with Crippen molar-refractivity contribution in [2.24, 2.45) is 0 Å². The van der Waals surface area contributed by atoms with Gasteiger partial charge in [0.05, 0.1) is 13.2 Å². The summed E-state index contributed by atoms with van der Waals surface area (Å²) < 4.78 is 6.61. The summed E-state index contributed by atoms with van der Waals surface area (Å²) in [6, 6.07) is 13.2. The van der Waals surface area contributed by atoms with Crippen LogP contribution >= 0.6 is 15.9 Å². The standard InChI is InChI=1S/C18H20BrNO/c1-20-18(16-11-15(19)8-9-17(16)21-2)14-7-6-12-4-3-5-13(12)10-14/h6-11,18,20H,3-5H2,1-2H3. The van der Waals surface area contributed by atoms with Crippen LogP contribution in [0, 0.1) is 0 Å². The molecule has 2 nitrogen and oxygen atoms in total. The molecule has 1 aliphatic carbocycles. The molecule has 0 aliphatic heterocycles. The topological polar surface area (TPSA) is 21.3 Å². The third-order valence-electron chi connectivity index (χ3n) is 4.25. The molecule has 110 valence electrons. The van der Waals surface area contributed by atoms with Gasteiger partial charge in [0.15, 0.2) is 0 Å². The minimum atomic E-state index is 0.142. The molecular formula is C18H20BrNO. The van der Waals surface area contributed by atoms with Gasteiger partial charge in [-0.05, 0) is 61.2 Å². The lowest BCUT2D eigenvalue weighted by atomic mass is 9.95. The van der Waals surface area contributed by atoms with Crippen molar-refractivity contribution in [2.75, 3.05) is 14.2 Å². The van der Waals surface area contributed by atoms with E-state index in [9.17, 15) is 0 Å². The Morgan fingerprint density at radius 3 is 2.67 bits per heavy atom. The second kappa shape index (κ2) is 6.20. The molecule has 1 N–H and O–H groups in total. The largest absolute Gasteiger partial charge is 0.496 e. The van der Waals surface area contributed by atoms with Gasteiger partial charge in [-0.1, -0.05) is 34.1 Å². The summed E-state index contributed by atoms with van der Waals surface area (Å²) in [5, 5.41) is 3.43. The minimum Gasteiger partial charge on any atom is -0.496 e. The van der Waals surface area contributed by atoms with E-state index in [1.807, 2.05) is 19.2 Å². The van der Waals surface area contributed by atoms with E-state index in [1.54, 1.807) is 7.11 Å². The highest BCUT2D eigenvalue weighted by Crippen LogP contribution is 2.34. The van der Waals surface area contributed by atoms with Gasteiger partial charge in [0.25, 0.3) is 0 Å². The van der Waals surface area contributed by atoms with Gasteiger partial charge in [-0.2, -0.15) is 0 Å². The van der Waals surface area contributed by atoms with Crippen LogP contribution in [0.5, 0.6) is 5.75 Å². The third-order valence-corrected chi connectivity index (χ3v) is 4.74. The highest BCUT2D eigenvalue weighted by molar-refractivity contribution is 9.10. The van der Waals surface area contributed by atoms with Gasteiger partial charge in [-0.3, -0.25) is 0 Å². The quantitative estimate of drug-likeness (QED) is 0.893. The molecule has 21 heavy (non-hydrogen) atoms. The van der Waals surface area contributed by atoms with Crippen molar-refractivity contribution in [3.8, 4) is 5.75 Å². The SMILES string of the molecule is CNC(c1ccc2c(c1)CCC2)c1cc(Br)ccc1OC.